The summed E-state index contributed by atoms with van der Waals surface area (Å²) in [6, 6.07) is 11.9. The lowest BCUT2D eigenvalue weighted by Crippen LogP contribution is -1.89. The van der Waals surface area contributed by atoms with Crippen LogP contribution in [0.4, 0.5) is 0 Å². The van der Waals surface area contributed by atoms with Crippen LogP contribution in [0.2, 0.25) is 5.02 Å². The maximum Gasteiger partial charge on any atom is 0.144 e. The number of benzene rings is 1. The van der Waals surface area contributed by atoms with Gasteiger partial charge in [0.2, 0.25) is 0 Å². The molecule has 0 N–H and O–H groups in total. The summed E-state index contributed by atoms with van der Waals surface area (Å²) in [4.78, 5) is 4.46. The molecule has 84 valence electrons. The quantitative estimate of drug-likeness (QED) is 0.631. The lowest BCUT2D eigenvalue weighted by molar-refractivity contribution is 1.15. The van der Waals surface area contributed by atoms with Gasteiger partial charge in [0.15, 0.2) is 0 Å². The number of hydrogen-bond donors (Lipinski definition) is 0. The molecule has 0 unspecified atom stereocenters. The molecular formula is C14H11ClN2. The van der Waals surface area contributed by atoms with Gasteiger partial charge in [-0.2, -0.15) is 0 Å². The molecule has 0 amide bonds. The minimum atomic E-state index is 0.741. The number of pyridine rings is 1. The molecule has 0 fully saturated rings. The van der Waals surface area contributed by atoms with E-state index in [0.717, 1.165) is 21.9 Å². The Morgan fingerprint density at radius 1 is 1.12 bits per heavy atom. The molecule has 0 bridgehead atoms. The second kappa shape index (κ2) is 3.90. The number of imidazole rings is 1. The fourth-order valence-corrected chi connectivity index (χ4v) is 2.05. The van der Waals surface area contributed by atoms with Crippen LogP contribution >= 0.6 is 11.6 Å². The van der Waals surface area contributed by atoms with E-state index in [1.54, 1.807) is 0 Å². The summed E-state index contributed by atoms with van der Waals surface area (Å²) in [5.41, 5.74) is 3.41. The molecule has 0 saturated heterocycles. The topological polar surface area (TPSA) is 17.3 Å². The van der Waals surface area contributed by atoms with Gasteiger partial charge < -0.3 is 0 Å². The predicted octanol–water partition coefficient (Wildman–Crippen LogP) is 3.96. The molecule has 0 radical (unpaired) electrons. The molecule has 0 spiro atoms. The smallest absolute Gasteiger partial charge is 0.144 e. The van der Waals surface area contributed by atoms with Gasteiger partial charge in [-0.05, 0) is 48.9 Å². The number of aromatic nitrogens is 2. The van der Waals surface area contributed by atoms with Crippen molar-refractivity contribution in [1.29, 1.82) is 0 Å². The van der Waals surface area contributed by atoms with Gasteiger partial charge in [-0.15, -0.1) is 0 Å². The highest BCUT2D eigenvalue weighted by Crippen LogP contribution is 2.22. The standard InChI is InChI=1S/C14H11ClN2/c1-10-6-7-17-13(8-10)9-16-14(17)11-2-4-12(15)5-3-11/h2-9H,1H3. The Labute approximate surface area is 104 Å². The Balaban J connectivity index is 2.21. The molecule has 1 aromatic carbocycles. The van der Waals surface area contributed by atoms with Gasteiger partial charge >= 0.3 is 0 Å². The highest BCUT2D eigenvalue weighted by Gasteiger charge is 2.05. The zero-order valence-corrected chi connectivity index (χ0v) is 10.1. The molecule has 2 aromatic heterocycles. The molecule has 3 rings (SSSR count). The lowest BCUT2D eigenvalue weighted by Gasteiger charge is -2.02. The fraction of sp³-hybridized carbons (Fsp3) is 0.0714. The van der Waals surface area contributed by atoms with E-state index in [-0.39, 0.29) is 0 Å². The Bertz CT molecular complexity index is 668. The molecule has 2 heterocycles. The van der Waals surface area contributed by atoms with E-state index in [4.69, 9.17) is 11.6 Å². The first kappa shape index (κ1) is 10.4. The summed E-state index contributed by atoms with van der Waals surface area (Å²) in [7, 11) is 0. The number of halogens is 1. The molecule has 0 atom stereocenters. The first-order valence-electron chi connectivity index (χ1n) is 5.44. The van der Waals surface area contributed by atoms with E-state index in [1.165, 1.54) is 5.56 Å². The number of hydrogen-bond acceptors (Lipinski definition) is 1. The van der Waals surface area contributed by atoms with E-state index in [9.17, 15) is 0 Å². The predicted molar refractivity (Wildman–Crippen MR) is 70.4 cm³/mol. The van der Waals surface area contributed by atoms with Crippen LogP contribution in [-0.4, -0.2) is 9.38 Å². The van der Waals surface area contributed by atoms with Crippen molar-refractivity contribution in [3.8, 4) is 11.4 Å². The van der Waals surface area contributed by atoms with Crippen LogP contribution in [0.5, 0.6) is 0 Å². The van der Waals surface area contributed by atoms with E-state index in [1.807, 2.05) is 36.7 Å². The minimum absolute atomic E-state index is 0.741. The highest BCUT2D eigenvalue weighted by atomic mass is 35.5. The van der Waals surface area contributed by atoms with Gasteiger partial charge in [-0.25, -0.2) is 4.98 Å². The summed E-state index contributed by atoms with van der Waals surface area (Å²) in [6.07, 6.45) is 3.93. The summed E-state index contributed by atoms with van der Waals surface area (Å²) < 4.78 is 2.08. The Kier molecular flexibility index (Phi) is 2.37. The Morgan fingerprint density at radius 3 is 2.65 bits per heavy atom. The molecule has 0 saturated carbocycles. The molecular weight excluding hydrogens is 232 g/mol. The Hall–Kier alpha value is -1.80. The summed E-state index contributed by atoms with van der Waals surface area (Å²) in [6.45, 7) is 2.08. The van der Waals surface area contributed by atoms with Crippen LogP contribution in [0, 0.1) is 6.92 Å². The van der Waals surface area contributed by atoms with Gasteiger partial charge in [0.25, 0.3) is 0 Å². The fourth-order valence-electron chi connectivity index (χ4n) is 1.92. The van der Waals surface area contributed by atoms with E-state index in [0.29, 0.717) is 0 Å². The van der Waals surface area contributed by atoms with E-state index < -0.39 is 0 Å². The van der Waals surface area contributed by atoms with E-state index >= 15 is 0 Å². The van der Waals surface area contributed by atoms with Crippen LogP contribution < -0.4 is 0 Å². The average Bonchev–Trinajstić information content (AvgIpc) is 2.73. The van der Waals surface area contributed by atoms with E-state index in [2.05, 4.69) is 28.4 Å². The summed E-state index contributed by atoms with van der Waals surface area (Å²) in [5.74, 6) is 0.941. The first-order chi connectivity index (χ1) is 8.24. The van der Waals surface area contributed by atoms with Crippen LogP contribution in [0.15, 0.2) is 48.8 Å². The van der Waals surface area contributed by atoms with Crippen molar-refractivity contribution in [3.05, 3.63) is 59.4 Å². The van der Waals surface area contributed by atoms with Gasteiger partial charge in [0.1, 0.15) is 5.82 Å². The van der Waals surface area contributed by atoms with Gasteiger partial charge in [-0.3, -0.25) is 4.40 Å². The number of fused-ring (bicyclic) bond motifs is 1. The monoisotopic (exact) mass is 242 g/mol. The Morgan fingerprint density at radius 2 is 1.88 bits per heavy atom. The van der Waals surface area contributed by atoms with Crippen molar-refractivity contribution in [3.63, 3.8) is 0 Å². The molecule has 3 aromatic rings. The second-order valence-electron chi connectivity index (χ2n) is 4.09. The van der Waals surface area contributed by atoms with Crippen LogP contribution in [-0.2, 0) is 0 Å². The molecule has 2 nitrogen and oxygen atoms in total. The molecule has 0 aliphatic rings. The molecule has 3 heteroatoms. The van der Waals surface area contributed by atoms with Crippen molar-refractivity contribution in [2.45, 2.75) is 6.92 Å². The normalized spacial score (nSPS) is 10.9. The zero-order chi connectivity index (χ0) is 11.8. The third kappa shape index (κ3) is 1.81. The zero-order valence-electron chi connectivity index (χ0n) is 9.39. The van der Waals surface area contributed by atoms with Crippen molar-refractivity contribution in [1.82, 2.24) is 9.38 Å². The van der Waals surface area contributed by atoms with Gasteiger partial charge in [0.05, 0.1) is 11.7 Å². The molecule has 0 aliphatic heterocycles. The van der Waals surface area contributed by atoms with Gasteiger partial charge in [0, 0.05) is 16.8 Å². The number of nitrogens with zero attached hydrogens (tertiary/aromatic N) is 2. The number of rotatable bonds is 1. The SMILES string of the molecule is Cc1ccn2c(-c3ccc(Cl)cc3)ncc2c1. The van der Waals surface area contributed by atoms with Crippen molar-refractivity contribution < 1.29 is 0 Å². The molecule has 0 aliphatic carbocycles. The molecule has 17 heavy (non-hydrogen) atoms. The van der Waals surface area contributed by atoms with Gasteiger partial charge in [-0.1, -0.05) is 11.6 Å². The largest absolute Gasteiger partial charge is 0.300 e. The summed E-state index contributed by atoms with van der Waals surface area (Å²) in [5, 5.41) is 0.741. The van der Waals surface area contributed by atoms with Crippen LogP contribution in [0.3, 0.4) is 0 Å². The maximum atomic E-state index is 5.88. The average molecular weight is 243 g/mol. The van der Waals surface area contributed by atoms with Crippen LogP contribution in [0.1, 0.15) is 5.56 Å². The third-order valence-corrected chi connectivity index (χ3v) is 3.04. The van der Waals surface area contributed by atoms with Crippen molar-refractivity contribution in [2.75, 3.05) is 0 Å². The minimum Gasteiger partial charge on any atom is -0.300 e. The third-order valence-electron chi connectivity index (χ3n) is 2.79. The van der Waals surface area contributed by atoms with Crippen molar-refractivity contribution >= 4 is 17.1 Å². The van der Waals surface area contributed by atoms with Crippen molar-refractivity contribution in [2.24, 2.45) is 0 Å². The first-order valence-corrected chi connectivity index (χ1v) is 5.81. The second-order valence-corrected chi connectivity index (χ2v) is 4.52. The number of aryl methyl sites for hydroxylation is 1. The van der Waals surface area contributed by atoms with Crippen LogP contribution in [0.25, 0.3) is 16.9 Å². The maximum absolute atomic E-state index is 5.88. The summed E-state index contributed by atoms with van der Waals surface area (Å²) >= 11 is 5.88. The highest BCUT2D eigenvalue weighted by molar-refractivity contribution is 6.30. The lowest BCUT2D eigenvalue weighted by atomic mass is 10.2.